The van der Waals surface area contributed by atoms with E-state index >= 15 is 0 Å². The molecule has 0 saturated heterocycles. The van der Waals surface area contributed by atoms with Gasteiger partial charge in [0.1, 0.15) is 6.61 Å². The molecule has 17 heavy (non-hydrogen) atoms. The van der Waals surface area contributed by atoms with E-state index < -0.39 is 0 Å². The Morgan fingerprint density at radius 2 is 1.76 bits per heavy atom. The second-order valence-electron chi connectivity index (χ2n) is 4.32. The normalized spacial score (nSPS) is 10.9. The molecule has 0 aliphatic heterocycles. The summed E-state index contributed by atoms with van der Waals surface area (Å²) in [4.78, 5) is 15.8. The SMILES string of the molecule is C=C(CCN(C)C)C(=O)OCCN(CC)CC. The molecular formula is C13H26N2O2. The Bertz CT molecular complexity index is 236. The zero-order chi connectivity index (χ0) is 13.3. The molecule has 0 aromatic rings. The largest absolute Gasteiger partial charge is 0.461 e. The van der Waals surface area contributed by atoms with Crippen molar-refractivity contribution in [3.8, 4) is 0 Å². The van der Waals surface area contributed by atoms with Crippen molar-refractivity contribution in [2.75, 3.05) is 46.9 Å². The summed E-state index contributed by atoms with van der Waals surface area (Å²) < 4.78 is 5.17. The standard InChI is InChI=1S/C13H26N2O2/c1-6-15(7-2)10-11-17-13(16)12(3)8-9-14(4)5/h3,6-11H2,1-2,4-5H3. The molecule has 0 rings (SSSR count). The minimum absolute atomic E-state index is 0.265. The number of rotatable bonds is 9. The van der Waals surface area contributed by atoms with Crippen LogP contribution in [-0.4, -0.2) is 62.7 Å². The molecule has 0 N–H and O–H groups in total. The van der Waals surface area contributed by atoms with Gasteiger partial charge in [0.15, 0.2) is 0 Å². The maximum absolute atomic E-state index is 11.6. The second kappa shape index (κ2) is 9.19. The highest BCUT2D eigenvalue weighted by Gasteiger charge is 2.09. The molecule has 0 unspecified atom stereocenters. The quantitative estimate of drug-likeness (QED) is 0.452. The molecule has 0 aromatic heterocycles. The van der Waals surface area contributed by atoms with E-state index in [-0.39, 0.29) is 5.97 Å². The topological polar surface area (TPSA) is 32.8 Å². The predicted molar refractivity (Wildman–Crippen MR) is 71.1 cm³/mol. The summed E-state index contributed by atoms with van der Waals surface area (Å²) in [5, 5.41) is 0. The predicted octanol–water partition coefficient (Wildman–Crippen LogP) is 1.38. The Kier molecular flexibility index (Phi) is 8.72. The third-order valence-corrected chi connectivity index (χ3v) is 2.68. The summed E-state index contributed by atoms with van der Waals surface area (Å²) in [5.74, 6) is -0.265. The van der Waals surface area contributed by atoms with E-state index in [0.717, 1.165) is 26.2 Å². The number of hydrogen-bond acceptors (Lipinski definition) is 4. The van der Waals surface area contributed by atoms with E-state index in [1.807, 2.05) is 19.0 Å². The summed E-state index contributed by atoms with van der Waals surface area (Å²) in [7, 11) is 3.94. The summed E-state index contributed by atoms with van der Waals surface area (Å²) in [6.45, 7) is 12.0. The minimum Gasteiger partial charge on any atom is -0.461 e. The Hall–Kier alpha value is -0.870. The molecule has 0 heterocycles. The van der Waals surface area contributed by atoms with Gasteiger partial charge in [0.05, 0.1) is 0 Å². The van der Waals surface area contributed by atoms with Gasteiger partial charge in [-0.15, -0.1) is 0 Å². The molecule has 0 spiro atoms. The van der Waals surface area contributed by atoms with Crippen LogP contribution in [0, 0.1) is 0 Å². The van der Waals surface area contributed by atoms with Gasteiger partial charge in [-0.2, -0.15) is 0 Å². The molecule has 0 aliphatic rings. The number of esters is 1. The van der Waals surface area contributed by atoms with E-state index in [4.69, 9.17) is 4.74 Å². The van der Waals surface area contributed by atoms with E-state index in [1.54, 1.807) is 0 Å². The monoisotopic (exact) mass is 242 g/mol. The van der Waals surface area contributed by atoms with Crippen molar-refractivity contribution >= 4 is 5.97 Å². The van der Waals surface area contributed by atoms with Gasteiger partial charge in [-0.25, -0.2) is 4.79 Å². The second-order valence-corrected chi connectivity index (χ2v) is 4.32. The molecule has 0 amide bonds. The van der Waals surface area contributed by atoms with Crippen LogP contribution in [0.4, 0.5) is 0 Å². The van der Waals surface area contributed by atoms with Crippen molar-refractivity contribution in [2.24, 2.45) is 0 Å². The first-order valence-electron chi connectivity index (χ1n) is 6.23. The van der Waals surface area contributed by atoms with Crippen LogP contribution in [0.5, 0.6) is 0 Å². The Balaban J connectivity index is 3.74. The van der Waals surface area contributed by atoms with Crippen molar-refractivity contribution in [2.45, 2.75) is 20.3 Å². The summed E-state index contributed by atoms with van der Waals surface area (Å²) in [6, 6.07) is 0. The zero-order valence-corrected chi connectivity index (χ0v) is 11.7. The van der Waals surface area contributed by atoms with Gasteiger partial charge >= 0.3 is 5.97 Å². The third kappa shape index (κ3) is 7.94. The van der Waals surface area contributed by atoms with E-state index in [1.165, 1.54) is 0 Å². The third-order valence-electron chi connectivity index (χ3n) is 2.68. The van der Waals surface area contributed by atoms with Crippen molar-refractivity contribution in [1.82, 2.24) is 9.80 Å². The van der Waals surface area contributed by atoms with Crippen molar-refractivity contribution in [1.29, 1.82) is 0 Å². The minimum atomic E-state index is -0.265. The zero-order valence-electron chi connectivity index (χ0n) is 11.7. The van der Waals surface area contributed by atoms with Crippen LogP contribution in [0.3, 0.4) is 0 Å². The van der Waals surface area contributed by atoms with Gasteiger partial charge in [0.2, 0.25) is 0 Å². The number of carbonyl (C=O) groups is 1. The van der Waals surface area contributed by atoms with Crippen LogP contribution >= 0.6 is 0 Å². The van der Waals surface area contributed by atoms with Crippen LogP contribution < -0.4 is 0 Å². The first-order chi connectivity index (χ1) is 8.01. The highest BCUT2D eigenvalue weighted by molar-refractivity contribution is 5.87. The number of likely N-dealkylation sites (N-methyl/N-ethyl adjacent to an activating group) is 1. The molecule has 0 saturated carbocycles. The number of ether oxygens (including phenoxy) is 1. The maximum Gasteiger partial charge on any atom is 0.333 e. The maximum atomic E-state index is 11.6. The van der Waals surface area contributed by atoms with Crippen molar-refractivity contribution in [3.05, 3.63) is 12.2 Å². The van der Waals surface area contributed by atoms with Crippen LogP contribution in [0.1, 0.15) is 20.3 Å². The van der Waals surface area contributed by atoms with E-state index in [9.17, 15) is 4.79 Å². The van der Waals surface area contributed by atoms with Gasteiger partial charge < -0.3 is 14.5 Å². The first-order valence-corrected chi connectivity index (χ1v) is 6.23. The van der Waals surface area contributed by atoms with Crippen LogP contribution in [0.25, 0.3) is 0 Å². The Morgan fingerprint density at radius 1 is 1.18 bits per heavy atom. The molecule has 0 aliphatic carbocycles. The van der Waals surface area contributed by atoms with Gasteiger partial charge in [-0.1, -0.05) is 20.4 Å². The fraction of sp³-hybridized carbons (Fsp3) is 0.769. The summed E-state index contributed by atoms with van der Waals surface area (Å²) >= 11 is 0. The first kappa shape index (κ1) is 16.1. The average Bonchev–Trinajstić information content (AvgIpc) is 2.31. The number of hydrogen-bond donors (Lipinski definition) is 0. The Labute approximate surface area is 105 Å². The highest BCUT2D eigenvalue weighted by atomic mass is 16.5. The molecule has 4 heteroatoms. The van der Waals surface area contributed by atoms with Gasteiger partial charge in [0.25, 0.3) is 0 Å². The summed E-state index contributed by atoms with van der Waals surface area (Å²) in [6.07, 6.45) is 0.664. The van der Waals surface area contributed by atoms with Crippen LogP contribution in [0.2, 0.25) is 0 Å². The molecule has 0 aromatic carbocycles. The summed E-state index contributed by atoms with van der Waals surface area (Å²) in [5.41, 5.74) is 0.554. The molecule has 4 nitrogen and oxygen atoms in total. The van der Waals surface area contributed by atoms with Crippen molar-refractivity contribution < 1.29 is 9.53 Å². The van der Waals surface area contributed by atoms with E-state index in [0.29, 0.717) is 18.6 Å². The number of nitrogens with zero attached hydrogens (tertiary/aromatic N) is 2. The van der Waals surface area contributed by atoms with E-state index in [2.05, 4.69) is 25.3 Å². The molecule has 0 bridgehead atoms. The fourth-order valence-electron chi connectivity index (χ4n) is 1.37. The molecular weight excluding hydrogens is 216 g/mol. The van der Waals surface area contributed by atoms with Crippen LogP contribution in [0.15, 0.2) is 12.2 Å². The molecule has 100 valence electrons. The van der Waals surface area contributed by atoms with Gasteiger partial charge in [-0.3, -0.25) is 0 Å². The smallest absolute Gasteiger partial charge is 0.333 e. The fourth-order valence-corrected chi connectivity index (χ4v) is 1.37. The van der Waals surface area contributed by atoms with Crippen LogP contribution in [-0.2, 0) is 9.53 Å². The lowest BCUT2D eigenvalue weighted by molar-refractivity contribution is -0.139. The Morgan fingerprint density at radius 3 is 2.24 bits per heavy atom. The average molecular weight is 242 g/mol. The molecule has 0 radical (unpaired) electrons. The lowest BCUT2D eigenvalue weighted by Crippen LogP contribution is -2.28. The van der Waals surface area contributed by atoms with Gasteiger partial charge in [-0.05, 0) is 33.6 Å². The lowest BCUT2D eigenvalue weighted by atomic mass is 10.2. The van der Waals surface area contributed by atoms with Crippen molar-refractivity contribution in [3.63, 3.8) is 0 Å². The number of carbonyl (C=O) groups excluding carboxylic acids is 1. The highest BCUT2D eigenvalue weighted by Crippen LogP contribution is 2.02. The van der Waals surface area contributed by atoms with Gasteiger partial charge in [0, 0.05) is 18.7 Å². The molecule has 0 fully saturated rings. The molecule has 0 atom stereocenters. The lowest BCUT2D eigenvalue weighted by Gasteiger charge is -2.18.